The van der Waals surface area contributed by atoms with Crippen molar-refractivity contribution in [1.29, 1.82) is 0 Å². The lowest BCUT2D eigenvalue weighted by atomic mass is 10.3. The Morgan fingerprint density at radius 3 is 3.12 bits per heavy atom. The fourth-order valence-electron chi connectivity index (χ4n) is 0.471. The molecule has 0 aromatic carbocycles. The minimum absolute atomic E-state index is 0.252. The molecule has 1 N–H and O–H groups in total. The first-order valence-corrected chi connectivity index (χ1v) is 2.39. The van der Waals surface area contributed by atoms with Gasteiger partial charge < -0.3 is 4.98 Å². The van der Waals surface area contributed by atoms with Crippen molar-refractivity contribution in [3.63, 3.8) is 0 Å². The van der Waals surface area contributed by atoms with Crippen LogP contribution in [0.3, 0.4) is 0 Å². The van der Waals surface area contributed by atoms with Gasteiger partial charge in [-0.25, -0.2) is 0 Å². The summed E-state index contributed by atoms with van der Waals surface area (Å²) in [6.45, 7) is 1.69. The van der Waals surface area contributed by atoms with Crippen LogP contribution in [0.5, 0.6) is 0 Å². The summed E-state index contributed by atoms with van der Waals surface area (Å²) in [5.41, 5.74) is 0.352. The van der Waals surface area contributed by atoms with E-state index in [0.29, 0.717) is 5.56 Å². The number of hydrogen-bond acceptors (Lipinski definition) is 1. The third-order valence-corrected chi connectivity index (χ3v) is 0.961. The molecule has 0 aliphatic heterocycles. The number of rotatable bonds is 0. The largest absolute Gasteiger partial charge is 0.329 e. The van der Waals surface area contributed by atoms with Gasteiger partial charge in [0.1, 0.15) is 0 Å². The number of aryl methyl sites for hydroxylation is 1. The van der Waals surface area contributed by atoms with E-state index in [-0.39, 0.29) is 5.56 Å². The van der Waals surface area contributed by atoms with Crippen molar-refractivity contribution in [2.24, 2.45) is 0 Å². The average molecular weight is 110 g/mol. The van der Waals surface area contributed by atoms with E-state index in [1.807, 2.05) is 0 Å². The van der Waals surface area contributed by atoms with Gasteiger partial charge in [0.05, 0.1) is 0 Å². The molecule has 42 valence electrons. The summed E-state index contributed by atoms with van der Waals surface area (Å²) >= 11 is 0. The lowest BCUT2D eigenvalue weighted by molar-refractivity contribution is 1.18. The molecule has 0 spiro atoms. The minimum atomic E-state index is -0.252. The SMILES string of the molecule is [2H]n1cccc(C)c1=O. The number of nitrogens with one attached hydrogen (secondary N) is 1. The van der Waals surface area contributed by atoms with Crippen LogP contribution in [0.15, 0.2) is 23.1 Å². The van der Waals surface area contributed by atoms with Crippen LogP contribution in [0, 0.1) is 6.92 Å². The van der Waals surface area contributed by atoms with Crippen molar-refractivity contribution in [3.05, 3.63) is 34.2 Å². The highest BCUT2D eigenvalue weighted by molar-refractivity contribution is 5.05. The normalized spacial score (nSPS) is 10.9. The molecular formula is C6H7NO. The van der Waals surface area contributed by atoms with Gasteiger partial charge in [0.25, 0.3) is 5.56 Å². The Labute approximate surface area is 48.6 Å². The molecule has 0 saturated heterocycles. The van der Waals surface area contributed by atoms with E-state index >= 15 is 0 Å². The smallest absolute Gasteiger partial charge is 0.250 e. The van der Waals surface area contributed by atoms with E-state index in [0.717, 1.165) is 4.98 Å². The quantitative estimate of drug-likeness (QED) is 0.523. The molecule has 0 atom stereocenters. The maximum Gasteiger partial charge on any atom is 0.250 e. The predicted molar refractivity (Wildman–Crippen MR) is 31.8 cm³/mol. The monoisotopic (exact) mass is 110 g/mol. The third-order valence-electron chi connectivity index (χ3n) is 0.961. The summed E-state index contributed by atoms with van der Waals surface area (Å²) < 4.78 is 6.96. The lowest BCUT2D eigenvalue weighted by Crippen LogP contribution is -2.06. The van der Waals surface area contributed by atoms with Crippen LogP contribution in [-0.2, 0) is 0 Å². The molecule has 1 heterocycles. The van der Waals surface area contributed by atoms with Crippen molar-refractivity contribution in [1.82, 2.24) is 4.98 Å². The molecule has 0 amide bonds. The molecule has 8 heavy (non-hydrogen) atoms. The molecule has 0 saturated carbocycles. The second-order valence-corrected chi connectivity index (χ2v) is 1.63. The first-order chi connectivity index (χ1) is 4.22. The highest BCUT2D eigenvalue weighted by atomic mass is 16.1. The van der Waals surface area contributed by atoms with Gasteiger partial charge in [-0.15, -0.1) is 0 Å². The van der Waals surface area contributed by atoms with E-state index in [2.05, 4.69) is 0 Å². The van der Waals surface area contributed by atoms with E-state index in [1.165, 1.54) is 6.20 Å². The molecule has 0 unspecified atom stereocenters. The summed E-state index contributed by atoms with van der Waals surface area (Å²) in [7, 11) is 0. The lowest BCUT2D eigenvalue weighted by Gasteiger charge is -1.83. The first kappa shape index (κ1) is 3.89. The van der Waals surface area contributed by atoms with Gasteiger partial charge in [-0.2, -0.15) is 0 Å². The van der Waals surface area contributed by atoms with E-state index in [9.17, 15) is 4.79 Å². The van der Waals surface area contributed by atoms with Crippen LogP contribution in [0.2, 0.25) is 1.41 Å². The van der Waals surface area contributed by atoms with Crippen molar-refractivity contribution >= 4 is 0 Å². The zero-order chi connectivity index (χ0) is 6.85. The van der Waals surface area contributed by atoms with Gasteiger partial charge >= 0.3 is 0 Å². The fourth-order valence-corrected chi connectivity index (χ4v) is 0.471. The number of aromatic nitrogens is 1. The Bertz CT molecular complexity index is 243. The van der Waals surface area contributed by atoms with Gasteiger partial charge in [-0.3, -0.25) is 4.79 Å². The molecule has 2 nitrogen and oxygen atoms in total. The second kappa shape index (κ2) is 1.82. The minimum Gasteiger partial charge on any atom is -0.329 e. The maximum absolute atomic E-state index is 10.7. The standard InChI is InChI=1S/C6H7NO/c1-5-3-2-4-7-6(5)8/h2-4H,1H3,(H,7,8)/i/hD. The van der Waals surface area contributed by atoms with Crippen molar-refractivity contribution in [3.8, 4) is 0 Å². The van der Waals surface area contributed by atoms with Crippen LogP contribution in [-0.4, -0.2) is 4.98 Å². The highest BCUT2D eigenvalue weighted by Crippen LogP contribution is 1.81. The molecule has 2 heteroatoms. The van der Waals surface area contributed by atoms with Gasteiger partial charge in [0.2, 0.25) is 0 Å². The van der Waals surface area contributed by atoms with E-state index in [1.54, 1.807) is 19.1 Å². The van der Waals surface area contributed by atoms with Crippen molar-refractivity contribution in [2.45, 2.75) is 6.92 Å². The fraction of sp³-hybridized carbons (Fsp3) is 0.167. The Balaban J connectivity index is 3.43. The number of hydrogen-bond donors (Lipinski definition) is 1. The molecule has 1 rings (SSSR count). The Kier molecular flexibility index (Phi) is 0.886. The number of pyridine rings is 1. The zero-order valence-corrected chi connectivity index (χ0v) is 4.59. The molecule has 0 aliphatic carbocycles. The van der Waals surface area contributed by atoms with Gasteiger partial charge in [0, 0.05) is 11.8 Å². The molecular weight excluding hydrogens is 102 g/mol. The highest BCUT2D eigenvalue weighted by Gasteiger charge is 1.83. The maximum atomic E-state index is 10.7. The summed E-state index contributed by atoms with van der Waals surface area (Å²) in [5.74, 6) is 0. The first-order valence-electron chi connectivity index (χ1n) is 2.84. The molecule has 1 aromatic rings. The summed E-state index contributed by atoms with van der Waals surface area (Å²) in [6.07, 6.45) is 1.41. The van der Waals surface area contributed by atoms with E-state index in [4.69, 9.17) is 1.41 Å². The Morgan fingerprint density at radius 1 is 1.88 bits per heavy atom. The van der Waals surface area contributed by atoms with Crippen molar-refractivity contribution < 1.29 is 1.41 Å². The molecule has 0 fully saturated rings. The third kappa shape index (κ3) is 0.780. The number of aromatic amines is 1. The van der Waals surface area contributed by atoms with Gasteiger partial charge in [0.15, 0.2) is 1.41 Å². The average Bonchev–Trinajstić information content (AvgIpc) is 1.83. The van der Waals surface area contributed by atoms with E-state index < -0.39 is 0 Å². The van der Waals surface area contributed by atoms with Crippen molar-refractivity contribution in [2.75, 3.05) is 0 Å². The second-order valence-electron chi connectivity index (χ2n) is 1.63. The number of H-pyrrole nitrogens is 1. The molecule has 0 radical (unpaired) electrons. The summed E-state index contributed by atoms with van der Waals surface area (Å²) in [6, 6.07) is 3.36. The summed E-state index contributed by atoms with van der Waals surface area (Å²) in [4.78, 5) is 11.6. The van der Waals surface area contributed by atoms with Gasteiger partial charge in [-0.1, -0.05) is 6.07 Å². The Morgan fingerprint density at radius 2 is 2.62 bits per heavy atom. The summed E-state index contributed by atoms with van der Waals surface area (Å²) in [5, 5.41) is 0. The topological polar surface area (TPSA) is 32.9 Å². The van der Waals surface area contributed by atoms with Crippen LogP contribution in [0.1, 0.15) is 5.56 Å². The van der Waals surface area contributed by atoms with Gasteiger partial charge in [-0.05, 0) is 13.0 Å². The molecule has 0 bridgehead atoms. The van der Waals surface area contributed by atoms with Crippen LogP contribution < -0.4 is 5.56 Å². The zero-order valence-electron chi connectivity index (χ0n) is 5.59. The molecule has 0 aliphatic rings. The van der Waals surface area contributed by atoms with Crippen LogP contribution in [0.25, 0.3) is 0 Å². The van der Waals surface area contributed by atoms with Crippen LogP contribution >= 0.6 is 0 Å². The Hall–Kier alpha value is -1.05. The van der Waals surface area contributed by atoms with Crippen LogP contribution in [0.4, 0.5) is 0 Å². The molecule has 1 aromatic heterocycles. The predicted octanol–water partition coefficient (Wildman–Crippen LogP) is 0.683.